The second-order valence-corrected chi connectivity index (χ2v) is 1.59. The van der Waals surface area contributed by atoms with Gasteiger partial charge in [0.15, 0.2) is 0 Å². The molecule has 0 saturated carbocycles. The van der Waals surface area contributed by atoms with E-state index < -0.39 is 11.3 Å². The normalized spacial score (nSPS) is 11.7. The molecule has 0 heterocycles. The molecule has 0 fully saturated rings. The zero-order valence-electron chi connectivity index (χ0n) is 4.27. The molecule has 0 aliphatic carbocycles. The number of carbonyl (C=O) groups is 1. The molecule has 0 N–H and O–H groups in total. The average Bonchev–Trinajstić information content (AvgIpc) is 1.36. The van der Waals surface area contributed by atoms with Crippen molar-refractivity contribution < 1.29 is 39.5 Å². The third kappa shape index (κ3) is 6.76. The van der Waals surface area contributed by atoms with Crippen LogP contribution in [0, 0.1) is 0 Å². The monoisotopic (exact) mass is 130 g/mol. The molecule has 0 aromatic carbocycles. The Hall–Kier alpha value is 0.760. The van der Waals surface area contributed by atoms with Crippen LogP contribution >= 0.6 is 11.6 Å². The third-order valence-electron chi connectivity index (χ3n) is 0.325. The van der Waals surface area contributed by atoms with Crippen LogP contribution < -0.4 is 34.7 Å². The maximum absolute atomic E-state index is 9.46. The minimum absolute atomic E-state index is 0. The molecule has 0 rings (SSSR count). The van der Waals surface area contributed by atoms with E-state index in [1.807, 2.05) is 0 Å². The van der Waals surface area contributed by atoms with Crippen molar-refractivity contribution in [2.45, 2.75) is 12.3 Å². The summed E-state index contributed by atoms with van der Waals surface area (Å²) in [6.07, 6.45) is 0. The van der Waals surface area contributed by atoms with Crippen molar-refractivity contribution >= 4 is 17.6 Å². The SMILES string of the molecule is C[C@@H](Cl)C(=O)[O-].[Na+]. The van der Waals surface area contributed by atoms with E-state index in [1.165, 1.54) is 6.92 Å². The first kappa shape index (κ1) is 10.7. The maximum Gasteiger partial charge on any atom is 1.00 e. The van der Waals surface area contributed by atoms with Gasteiger partial charge in [0.2, 0.25) is 0 Å². The van der Waals surface area contributed by atoms with Gasteiger partial charge in [-0.3, -0.25) is 0 Å². The summed E-state index contributed by atoms with van der Waals surface area (Å²) in [7, 11) is 0. The molecule has 7 heavy (non-hydrogen) atoms. The second kappa shape index (κ2) is 4.91. The second-order valence-electron chi connectivity index (χ2n) is 0.935. The molecule has 0 spiro atoms. The van der Waals surface area contributed by atoms with Crippen molar-refractivity contribution in [1.82, 2.24) is 0 Å². The van der Waals surface area contributed by atoms with Crippen LogP contribution in [-0.2, 0) is 4.79 Å². The van der Waals surface area contributed by atoms with Gasteiger partial charge in [-0.15, -0.1) is 11.6 Å². The molecule has 0 saturated heterocycles. The van der Waals surface area contributed by atoms with Gasteiger partial charge in [-0.2, -0.15) is 0 Å². The third-order valence-corrected chi connectivity index (χ3v) is 0.503. The summed E-state index contributed by atoms with van der Waals surface area (Å²) in [6, 6.07) is 0. The summed E-state index contributed by atoms with van der Waals surface area (Å²) in [5, 5.41) is 8.59. The van der Waals surface area contributed by atoms with Crippen LogP contribution in [0.4, 0.5) is 0 Å². The number of hydrogen-bond donors (Lipinski definition) is 0. The molecular formula is C3H4ClNaO2. The van der Waals surface area contributed by atoms with Crippen LogP contribution in [0.5, 0.6) is 0 Å². The van der Waals surface area contributed by atoms with Crippen LogP contribution in [0.1, 0.15) is 6.92 Å². The molecule has 0 aliphatic heterocycles. The van der Waals surface area contributed by atoms with E-state index in [9.17, 15) is 9.90 Å². The van der Waals surface area contributed by atoms with Gasteiger partial charge in [0.1, 0.15) is 0 Å². The van der Waals surface area contributed by atoms with Crippen LogP contribution in [0.25, 0.3) is 0 Å². The molecule has 0 aromatic rings. The Morgan fingerprint density at radius 3 is 2.00 bits per heavy atom. The number of halogens is 1. The number of aliphatic carboxylic acids is 1. The largest absolute Gasteiger partial charge is 1.00 e. The van der Waals surface area contributed by atoms with E-state index in [-0.39, 0.29) is 29.6 Å². The molecule has 0 amide bonds. The topological polar surface area (TPSA) is 40.1 Å². The Morgan fingerprint density at radius 2 is 2.00 bits per heavy atom. The smallest absolute Gasteiger partial charge is 0.549 e. The molecule has 36 valence electrons. The van der Waals surface area contributed by atoms with E-state index in [0.717, 1.165) is 0 Å². The van der Waals surface area contributed by atoms with Gasteiger partial charge < -0.3 is 9.90 Å². The fraction of sp³-hybridized carbons (Fsp3) is 0.667. The van der Waals surface area contributed by atoms with Gasteiger partial charge in [0.25, 0.3) is 0 Å². The Bertz CT molecular complexity index is 64.0. The molecule has 1 atom stereocenters. The predicted molar refractivity (Wildman–Crippen MR) is 20.3 cm³/mol. The molecule has 4 heteroatoms. The standard InChI is InChI=1S/C3H5ClO2.Na/c1-2(4)3(5)6;/h2H,1H3,(H,5,6);/q;+1/p-1/t2-;/m1./s1. The summed E-state index contributed by atoms with van der Waals surface area (Å²) in [5.41, 5.74) is 0. The minimum atomic E-state index is -1.23. The van der Waals surface area contributed by atoms with E-state index in [2.05, 4.69) is 0 Å². The number of hydrogen-bond acceptors (Lipinski definition) is 2. The molecule has 0 radical (unpaired) electrons. The van der Waals surface area contributed by atoms with E-state index in [0.29, 0.717) is 0 Å². The van der Waals surface area contributed by atoms with E-state index >= 15 is 0 Å². The number of carbonyl (C=O) groups excluding carboxylic acids is 1. The average molecular weight is 131 g/mol. The van der Waals surface area contributed by atoms with Crippen LogP contribution in [-0.4, -0.2) is 11.3 Å². The summed E-state index contributed by atoms with van der Waals surface area (Å²) >= 11 is 4.95. The Balaban J connectivity index is 0. The molecule has 0 unspecified atom stereocenters. The Kier molecular flexibility index (Phi) is 7.49. The van der Waals surface area contributed by atoms with Crippen LogP contribution in [0.3, 0.4) is 0 Å². The van der Waals surface area contributed by atoms with Gasteiger partial charge in [-0.1, -0.05) is 0 Å². The van der Waals surface area contributed by atoms with Crippen molar-refractivity contribution in [3.8, 4) is 0 Å². The summed E-state index contributed by atoms with van der Waals surface area (Å²) in [5.74, 6) is -1.23. The quantitative estimate of drug-likeness (QED) is 0.272. The van der Waals surface area contributed by atoms with Crippen LogP contribution in [0.2, 0.25) is 0 Å². The van der Waals surface area contributed by atoms with Gasteiger partial charge in [-0.05, 0) is 6.92 Å². The zero-order valence-corrected chi connectivity index (χ0v) is 7.03. The van der Waals surface area contributed by atoms with E-state index in [4.69, 9.17) is 11.6 Å². The molecule has 0 aromatic heterocycles. The first-order chi connectivity index (χ1) is 2.64. The maximum atomic E-state index is 9.46. The summed E-state index contributed by atoms with van der Waals surface area (Å²) in [4.78, 5) is 9.46. The first-order valence-corrected chi connectivity index (χ1v) is 1.93. The van der Waals surface area contributed by atoms with Crippen molar-refractivity contribution in [1.29, 1.82) is 0 Å². The number of carboxylic acid groups (broad SMARTS) is 1. The minimum Gasteiger partial charge on any atom is -0.549 e. The first-order valence-electron chi connectivity index (χ1n) is 1.49. The van der Waals surface area contributed by atoms with Crippen molar-refractivity contribution in [2.24, 2.45) is 0 Å². The summed E-state index contributed by atoms with van der Waals surface area (Å²) < 4.78 is 0. The molecule has 0 bridgehead atoms. The van der Waals surface area contributed by atoms with E-state index in [1.54, 1.807) is 0 Å². The predicted octanol–water partition coefficient (Wildman–Crippen LogP) is -3.63. The molecule has 0 aliphatic rings. The van der Waals surface area contributed by atoms with Gasteiger partial charge in [0.05, 0.1) is 11.3 Å². The van der Waals surface area contributed by atoms with Crippen molar-refractivity contribution in [3.63, 3.8) is 0 Å². The zero-order chi connectivity index (χ0) is 5.15. The Labute approximate surface area is 69.1 Å². The molecule has 2 nitrogen and oxygen atoms in total. The number of carboxylic acids is 1. The summed E-state index contributed by atoms with van der Waals surface area (Å²) in [6.45, 7) is 1.34. The number of rotatable bonds is 1. The van der Waals surface area contributed by atoms with Gasteiger partial charge in [0, 0.05) is 0 Å². The van der Waals surface area contributed by atoms with Crippen LogP contribution in [0.15, 0.2) is 0 Å². The van der Waals surface area contributed by atoms with Crippen molar-refractivity contribution in [3.05, 3.63) is 0 Å². The fourth-order valence-corrected chi connectivity index (χ4v) is 0. The number of alkyl halides is 1. The van der Waals surface area contributed by atoms with Gasteiger partial charge >= 0.3 is 29.6 Å². The van der Waals surface area contributed by atoms with Crippen molar-refractivity contribution in [2.75, 3.05) is 0 Å². The molecular weight excluding hydrogens is 126 g/mol. The van der Waals surface area contributed by atoms with Gasteiger partial charge in [-0.25, -0.2) is 0 Å². The fourth-order valence-electron chi connectivity index (χ4n) is 0. The Morgan fingerprint density at radius 1 is 1.86 bits per heavy atom.